The molecule has 0 radical (unpaired) electrons. The van der Waals surface area contributed by atoms with E-state index in [-0.39, 0.29) is 17.2 Å². The van der Waals surface area contributed by atoms with Gasteiger partial charge in [-0.1, -0.05) is 0 Å². The first kappa shape index (κ1) is 7.69. The lowest BCUT2D eigenvalue weighted by atomic mass is 10.2. The average molecular weight is 181 g/mol. The Hall–Kier alpha value is -0.950. The van der Waals surface area contributed by atoms with Crippen LogP contribution in [0.1, 0.15) is 15.9 Å². The predicted octanol–water partition coefficient (Wildman–Crippen LogP) is 0.770. The molecule has 0 amide bonds. The van der Waals surface area contributed by atoms with Gasteiger partial charge in [0, 0.05) is 23.0 Å². The van der Waals surface area contributed by atoms with E-state index in [1.165, 1.54) is 12.4 Å². The highest BCUT2D eigenvalue weighted by Crippen LogP contribution is 2.31. The third-order valence-electron chi connectivity index (χ3n) is 2.06. The lowest BCUT2D eigenvalue weighted by molar-refractivity contribution is 0.0999. The molecule has 1 aromatic rings. The summed E-state index contributed by atoms with van der Waals surface area (Å²) in [4.78, 5) is 15.1. The number of fused-ring (bicyclic) bond motifs is 1. The first-order valence-corrected chi connectivity index (χ1v) is 4.32. The second kappa shape index (κ2) is 2.53. The topological polar surface area (TPSA) is 50.2 Å². The van der Waals surface area contributed by atoms with Gasteiger partial charge in [0.1, 0.15) is 5.75 Å². The first-order chi connectivity index (χ1) is 5.70. The third-order valence-corrected chi connectivity index (χ3v) is 2.60. The third kappa shape index (κ3) is 0.935. The smallest absolute Gasteiger partial charge is 0.171 e. The first-order valence-electron chi connectivity index (χ1n) is 3.66. The Balaban J connectivity index is 2.61. The summed E-state index contributed by atoms with van der Waals surface area (Å²) in [6.45, 7) is 0. The van der Waals surface area contributed by atoms with E-state index in [9.17, 15) is 9.90 Å². The second-order valence-corrected chi connectivity index (χ2v) is 3.66. The van der Waals surface area contributed by atoms with Crippen molar-refractivity contribution in [1.82, 2.24) is 4.98 Å². The molecule has 2 atom stereocenters. The number of nitrogens with zero attached hydrogens (tertiary/aromatic N) is 1. The highest BCUT2D eigenvalue weighted by molar-refractivity contribution is 7.19. The number of aromatic nitrogens is 1. The quantitative estimate of drug-likeness (QED) is 0.601. The number of ketones is 1. The van der Waals surface area contributed by atoms with Crippen LogP contribution < -0.4 is 0 Å². The fourth-order valence-electron chi connectivity index (χ4n) is 1.42. The van der Waals surface area contributed by atoms with Crippen molar-refractivity contribution in [2.45, 2.75) is 12.1 Å². The monoisotopic (exact) mass is 181 g/mol. The van der Waals surface area contributed by atoms with E-state index >= 15 is 0 Å². The Morgan fingerprint density at radius 1 is 1.58 bits per heavy atom. The minimum atomic E-state index is -0.0879. The summed E-state index contributed by atoms with van der Waals surface area (Å²) in [6.07, 6.45) is 3.49. The molecule has 0 bridgehead atoms. The molecule has 4 heteroatoms. The number of rotatable bonds is 0. The molecule has 2 rings (SSSR count). The van der Waals surface area contributed by atoms with Gasteiger partial charge in [-0.2, -0.15) is 0 Å². The number of carbonyl (C=O) groups excluding carboxylic acids is 1. The molecule has 0 saturated heterocycles. The Labute approximate surface area is 72.0 Å². The Kier molecular flexibility index (Phi) is 1.62. The highest BCUT2D eigenvalue weighted by atomic mass is 31.0. The van der Waals surface area contributed by atoms with Crippen molar-refractivity contribution in [2.24, 2.45) is 0 Å². The molecule has 1 aromatic heterocycles. The van der Waals surface area contributed by atoms with Crippen molar-refractivity contribution in [2.75, 3.05) is 0 Å². The fourth-order valence-corrected chi connectivity index (χ4v) is 1.83. The van der Waals surface area contributed by atoms with Crippen LogP contribution in [0.4, 0.5) is 0 Å². The maximum atomic E-state index is 11.4. The van der Waals surface area contributed by atoms with Crippen LogP contribution in [0.25, 0.3) is 0 Å². The van der Waals surface area contributed by atoms with Gasteiger partial charge in [0.25, 0.3) is 0 Å². The molecule has 2 unspecified atom stereocenters. The number of hydrogen-bond acceptors (Lipinski definition) is 3. The molecule has 1 heterocycles. The van der Waals surface area contributed by atoms with Gasteiger partial charge in [-0.05, 0) is 6.42 Å². The van der Waals surface area contributed by atoms with Gasteiger partial charge in [0.2, 0.25) is 0 Å². The van der Waals surface area contributed by atoms with Crippen LogP contribution in [0.5, 0.6) is 5.75 Å². The van der Waals surface area contributed by atoms with E-state index in [1.807, 2.05) is 0 Å². The van der Waals surface area contributed by atoms with Gasteiger partial charge in [-0.15, -0.1) is 9.24 Å². The SMILES string of the molecule is O=C1c2cncc(O)c2CC1P. The highest BCUT2D eigenvalue weighted by Gasteiger charge is 2.29. The van der Waals surface area contributed by atoms with E-state index in [2.05, 4.69) is 14.2 Å². The van der Waals surface area contributed by atoms with Crippen LogP contribution >= 0.6 is 9.24 Å². The maximum Gasteiger partial charge on any atom is 0.171 e. The predicted molar refractivity (Wildman–Crippen MR) is 47.4 cm³/mol. The minimum Gasteiger partial charge on any atom is -0.506 e. The summed E-state index contributed by atoms with van der Waals surface area (Å²) in [6, 6.07) is 0. The number of carbonyl (C=O) groups is 1. The summed E-state index contributed by atoms with van der Waals surface area (Å²) < 4.78 is 0. The summed E-state index contributed by atoms with van der Waals surface area (Å²) in [5, 5.41) is 9.34. The summed E-state index contributed by atoms with van der Waals surface area (Å²) in [5.41, 5.74) is 1.21. The number of hydrogen-bond donors (Lipinski definition) is 1. The van der Waals surface area contributed by atoms with Crippen LogP contribution in [-0.2, 0) is 6.42 Å². The van der Waals surface area contributed by atoms with Gasteiger partial charge in [-0.25, -0.2) is 0 Å². The molecule has 1 aliphatic rings. The van der Waals surface area contributed by atoms with Gasteiger partial charge in [-0.3, -0.25) is 9.78 Å². The Bertz CT molecular complexity index is 351. The second-order valence-electron chi connectivity index (χ2n) is 2.86. The normalized spacial score (nSPS) is 21.1. The lowest BCUT2D eigenvalue weighted by Crippen LogP contribution is -2.05. The molecule has 0 spiro atoms. The van der Waals surface area contributed by atoms with Gasteiger partial charge in [0.05, 0.1) is 6.20 Å². The van der Waals surface area contributed by atoms with Crippen molar-refractivity contribution in [3.63, 3.8) is 0 Å². The molecule has 1 aliphatic carbocycles. The molecule has 12 heavy (non-hydrogen) atoms. The summed E-state index contributed by atoms with van der Waals surface area (Å²) >= 11 is 0. The molecule has 3 nitrogen and oxygen atoms in total. The van der Waals surface area contributed by atoms with E-state index in [4.69, 9.17) is 0 Å². The number of pyridine rings is 1. The molecule has 0 saturated carbocycles. The summed E-state index contributed by atoms with van der Waals surface area (Å²) in [5.74, 6) is 0.184. The molecular weight excluding hydrogens is 173 g/mol. The van der Waals surface area contributed by atoms with Crippen LogP contribution in [0.15, 0.2) is 12.4 Å². The number of Topliss-reactive ketones (excluding diaryl/α,β-unsaturated/α-hetero) is 1. The maximum absolute atomic E-state index is 11.4. The van der Waals surface area contributed by atoms with Crippen LogP contribution in [0.3, 0.4) is 0 Å². The molecule has 62 valence electrons. The molecule has 0 fully saturated rings. The molecule has 0 aromatic carbocycles. The molecule has 0 aliphatic heterocycles. The van der Waals surface area contributed by atoms with Crippen molar-refractivity contribution in [3.05, 3.63) is 23.5 Å². The van der Waals surface area contributed by atoms with Crippen LogP contribution in [-0.4, -0.2) is 21.5 Å². The van der Waals surface area contributed by atoms with Gasteiger partial charge < -0.3 is 5.11 Å². The largest absolute Gasteiger partial charge is 0.506 e. The zero-order valence-corrected chi connectivity index (χ0v) is 7.47. The van der Waals surface area contributed by atoms with Crippen LogP contribution in [0.2, 0.25) is 0 Å². The summed E-state index contributed by atoms with van der Waals surface area (Å²) in [7, 11) is 2.47. The van der Waals surface area contributed by atoms with Crippen molar-refractivity contribution in [3.8, 4) is 5.75 Å². The minimum absolute atomic E-state index is 0.0541. The number of aromatic hydroxyl groups is 1. The van der Waals surface area contributed by atoms with E-state index < -0.39 is 0 Å². The van der Waals surface area contributed by atoms with E-state index in [0.29, 0.717) is 12.0 Å². The van der Waals surface area contributed by atoms with Gasteiger partial charge in [0.15, 0.2) is 5.78 Å². The van der Waals surface area contributed by atoms with Crippen molar-refractivity contribution >= 4 is 15.0 Å². The molecular formula is C8H8NO2P. The van der Waals surface area contributed by atoms with Crippen LogP contribution in [0, 0.1) is 0 Å². The van der Waals surface area contributed by atoms with Gasteiger partial charge >= 0.3 is 0 Å². The zero-order chi connectivity index (χ0) is 8.72. The van der Waals surface area contributed by atoms with E-state index in [0.717, 1.165) is 5.56 Å². The van der Waals surface area contributed by atoms with Crippen molar-refractivity contribution < 1.29 is 9.90 Å². The molecule has 1 N–H and O–H groups in total. The van der Waals surface area contributed by atoms with E-state index in [1.54, 1.807) is 0 Å². The standard InChI is InChI=1S/C8H8NO2P/c10-6-3-9-2-5-4(6)1-7(12)8(5)11/h2-3,7,10H,1,12H2. The fraction of sp³-hybridized carbons (Fsp3) is 0.250. The lowest BCUT2D eigenvalue weighted by Gasteiger charge is -1.97. The Morgan fingerprint density at radius 2 is 2.33 bits per heavy atom. The zero-order valence-electron chi connectivity index (χ0n) is 6.32. The van der Waals surface area contributed by atoms with Crippen molar-refractivity contribution in [1.29, 1.82) is 0 Å². The average Bonchev–Trinajstić information content (AvgIpc) is 2.32. The Morgan fingerprint density at radius 3 is 3.00 bits per heavy atom.